The summed E-state index contributed by atoms with van der Waals surface area (Å²) in [5.41, 5.74) is 4.27. The van der Waals surface area contributed by atoms with Crippen LogP contribution in [0.3, 0.4) is 0 Å². The first kappa shape index (κ1) is 34.6. The number of hydrogen-bond donors (Lipinski definition) is 0. The van der Waals surface area contributed by atoms with Gasteiger partial charge in [-0.15, -0.1) is 0 Å². The van der Waals surface area contributed by atoms with E-state index >= 15 is 0 Å². The lowest BCUT2D eigenvalue weighted by atomic mass is 9.98. The first-order chi connectivity index (χ1) is 22.5. The van der Waals surface area contributed by atoms with Crippen molar-refractivity contribution in [1.29, 1.82) is 0 Å². The maximum atomic E-state index is 13.5. The summed E-state index contributed by atoms with van der Waals surface area (Å²) in [6.45, 7) is 3.34. The third-order valence-electron chi connectivity index (χ3n) is 8.26. The van der Waals surface area contributed by atoms with Crippen LogP contribution in [0.25, 0.3) is 11.1 Å². The lowest BCUT2D eigenvalue weighted by molar-refractivity contribution is -0.268. The molecule has 2 saturated heterocycles. The van der Waals surface area contributed by atoms with Crippen molar-refractivity contribution in [2.45, 2.75) is 73.8 Å². The summed E-state index contributed by atoms with van der Waals surface area (Å²) in [6, 6.07) is 14.9. The van der Waals surface area contributed by atoms with Crippen LogP contribution in [0.4, 0.5) is 4.79 Å². The van der Waals surface area contributed by atoms with E-state index in [0.29, 0.717) is 0 Å². The van der Waals surface area contributed by atoms with Crippen LogP contribution in [0, 0.1) is 0 Å². The molecule has 2 aromatic rings. The average Bonchev–Trinajstić information content (AvgIpc) is 3.61. The molecule has 3 aliphatic rings. The molecule has 13 nitrogen and oxygen atoms in total. The molecule has 2 fully saturated rings. The molecule has 2 aromatic carbocycles. The minimum absolute atomic E-state index is 0.0279. The molecule has 0 aromatic heterocycles. The summed E-state index contributed by atoms with van der Waals surface area (Å²) in [6.07, 6.45) is -5.59. The number of carbonyl (C=O) groups is 5. The minimum atomic E-state index is -1.10. The number of likely N-dealkylation sites (tertiary alicyclic amines) is 1. The van der Waals surface area contributed by atoms with Crippen molar-refractivity contribution >= 4 is 52.6 Å². The van der Waals surface area contributed by atoms with Gasteiger partial charge in [-0.1, -0.05) is 71.1 Å². The number of nitrogens with zero attached hydrogens (tertiary/aromatic N) is 1. The highest BCUT2D eigenvalue weighted by Gasteiger charge is 2.52. The van der Waals surface area contributed by atoms with E-state index in [0.717, 1.165) is 22.3 Å². The Balaban J connectivity index is 1.31. The van der Waals surface area contributed by atoms with Crippen LogP contribution in [0.15, 0.2) is 48.5 Å². The molecule has 1 aliphatic carbocycles. The van der Waals surface area contributed by atoms with Crippen molar-refractivity contribution in [3.05, 3.63) is 59.7 Å². The lowest BCUT2D eigenvalue weighted by Gasteiger charge is -2.43. The molecule has 7 atom stereocenters. The van der Waals surface area contributed by atoms with Crippen molar-refractivity contribution in [1.82, 2.24) is 4.90 Å². The Labute approximate surface area is 285 Å². The van der Waals surface area contributed by atoms with Crippen LogP contribution in [-0.2, 0) is 52.3 Å². The van der Waals surface area contributed by atoms with E-state index in [1.54, 1.807) is 0 Å². The predicted octanol–water partition coefficient (Wildman–Crippen LogP) is 3.52. The monoisotopic (exact) mass is 765 g/mol. The van der Waals surface area contributed by atoms with E-state index in [1.165, 1.54) is 32.8 Å². The van der Waals surface area contributed by atoms with Gasteiger partial charge in [0, 0.05) is 33.1 Å². The molecule has 0 saturated carbocycles. The van der Waals surface area contributed by atoms with E-state index in [9.17, 15) is 24.0 Å². The van der Waals surface area contributed by atoms with E-state index in [1.807, 2.05) is 71.1 Å². The molecule has 0 N–H and O–H groups in total. The van der Waals surface area contributed by atoms with Gasteiger partial charge in [0.2, 0.25) is 0 Å². The summed E-state index contributed by atoms with van der Waals surface area (Å²) >= 11 is 1.97. The van der Waals surface area contributed by atoms with Crippen LogP contribution in [0.5, 0.6) is 0 Å². The number of ether oxygens (including phenoxy) is 7. The molecule has 0 bridgehead atoms. The van der Waals surface area contributed by atoms with Crippen molar-refractivity contribution in [3.63, 3.8) is 0 Å². The van der Waals surface area contributed by atoms with Gasteiger partial charge in [0.25, 0.3) is 0 Å². The Hall–Kier alpha value is -3.76. The number of halogens is 1. The second kappa shape index (κ2) is 15.0. The number of benzene rings is 2. The molecule has 2 aliphatic heterocycles. The highest BCUT2D eigenvalue weighted by Crippen LogP contribution is 2.44. The number of carbonyl (C=O) groups excluding carboxylic acids is 5. The Kier molecular flexibility index (Phi) is 11.0. The van der Waals surface area contributed by atoms with E-state index in [-0.39, 0.29) is 32.1 Å². The Bertz CT molecular complexity index is 1470. The normalized spacial score (nSPS) is 26.5. The Morgan fingerprint density at radius 2 is 1.43 bits per heavy atom. The van der Waals surface area contributed by atoms with E-state index in [4.69, 9.17) is 33.2 Å². The van der Waals surface area contributed by atoms with Crippen LogP contribution in [-0.4, -0.2) is 102 Å². The molecule has 47 heavy (non-hydrogen) atoms. The number of fused-ring (bicyclic) bond motifs is 3. The Morgan fingerprint density at radius 3 is 2.00 bits per heavy atom. The fourth-order valence-corrected chi connectivity index (χ4v) is 7.19. The third-order valence-corrected chi connectivity index (χ3v) is 9.56. The summed E-state index contributed by atoms with van der Waals surface area (Å²) < 4.78 is 38.6. The predicted molar refractivity (Wildman–Crippen MR) is 171 cm³/mol. The van der Waals surface area contributed by atoms with Crippen LogP contribution in [0.2, 0.25) is 0 Å². The molecule has 252 valence electrons. The lowest BCUT2D eigenvalue weighted by Crippen LogP contribution is -2.60. The number of alkyl halides is 1. The largest absolute Gasteiger partial charge is 0.467 e. The summed E-state index contributed by atoms with van der Waals surface area (Å²) in [5.74, 6) is -2.69. The first-order valence-corrected chi connectivity index (χ1v) is 16.3. The fraction of sp³-hybridized carbons (Fsp3) is 0.485. The number of esters is 4. The summed E-state index contributed by atoms with van der Waals surface area (Å²) in [5, 5.41) is 0. The second-order valence-electron chi connectivity index (χ2n) is 11.4. The second-order valence-corrected chi connectivity index (χ2v) is 12.9. The van der Waals surface area contributed by atoms with Gasteiger partial charge in [0.05, 0.1) is 19.8 Å². The summed E-state index contributed by atoms with van der Waals surface area (Å²) in [7, 11) is 1.23. The van der Waals surface area contributed by atoms with Gasteiger partial charge in [-0.2, -0.15) is 0 Å². The van der Waals surface area contributed by atoms with Gasteiger partial charge in [-0.05, 0) is 22.3 Å². The standard InChI is InChI=1S/C33H36INO12/c1-17(36)42-16-27-29(44-18(2)37)30(45-19(3)38)28(34)32(47-27)46-20-13-26(31(39)41-4)35(14-20)33(40)43-15-25-23-11-7-5-9-21(23)22-10-6-8-12-24(22)25/h5-12,20,25-30,32H,13-16H2,1-4H3/t20-,26+,27-,28+,29-,30-,32+/m1/s1. The van der Waals surface area contributed by atoms with E-state index in [2.05, 4.69) is 0 Å². The number of rotatable bonds is 9. The smallest absolute Gasteiger partial charge is 0.410 e. The topological polar surface area (TPSA) is 153 Å². The highest BCUT2D eigenvalue weighted by atomic mass is 127. The zero-order chi connectivity index (χ0) is 33.8. The van der Waals surface area contributed by atoms with Gasteiger partial charge >= 0.3 is 30.0 Å². The maximum absolute atomic E-state index is 13.5. The van der Waals surface area contributed by atoms with Crippen molar-refractivity contribution in [3.8, 4) is 11.1 Å². The number of methoxy groups -OCH3 is 1. The molecular formula is C33H36INO12. The van der Waals surface area contributed by atoms with E-state index < -0.39 is 70.6 Å². The van der Waals surface area contributed by atoms with Crippen LogP contribution in [0.1, 0.15) is 44.2 Å². The quantitative estimate of drug-likeness (QED) is 0.159. The average molecular weight is 766 g/mol. The highest BCUT2D eigenvalue weighted by molar-refractivity contribution is 14.1. The molecular weight excluding hydrogens is 729 g/mol. The number of amides is 1. The first-order valence-electron chi connectivity index (χ1n) is 15.1. The molecule has 5 rings (SSSR count). The molecule has 14 heteroatoms. The van der Waals surface area contributed by atoms with Gasteiger partial charge < -0.3 is 33.2 Å². The molecule has 0 unspecified atom stereocenters. The zero-order valence-corrected chi connectivity index (χ0v) is 28.4. The van der Waals surface area contributed by atoms with Crippen LogP contribution < -0.4 is 0 Å². The minimum Gasteiger partial charge on any atom is -0.467 e. The SMILES string of the molecule is COC(=O)[C@@H]1C[C@@H](O[C@H]2O[C@H](COC(C)=O)[C@@H](OC(C)=O)[C@H](OC(C)=O)[C@@H]2I)CN1C(=O)OCC1c2ccccc2-c2ccccc21. The summed E-state index contributed by atoms with van der Waals surface area (Å²) in [4.78, 5) is 63.2. The third kappa shape index (κ3) is 7.70. The molecule has 1 amide bonds. The fourth-order valence-electron chi connectivity index (χ4n) is 6.30. The Morgan fingerprint density at radius 1 is 0.830 bits per heavy atom. The van der Waals surface area contributed by atoms with Gasteiger partial charge in [0.1, 0.15) is 29.3 Å². The molecule has 0 radical (unpaired) electrons. The van der Waals surface area contributed by atoms with Crippen molar-refractivity contribution < 1.29 is 57.1 Å². The van der Waals surface area contributed by atoms with Gasteiger partial charge in [0.15, 0.2) is 18.5 Å². The maximum Gasteiger partial charge on any atom is 0.410 e. The molecule has 2 heterocycles. The van der Waals surface area contributed by atoms with Crippen molar-refractivity contribution in [2.75, 3.05) is 26.9 Å². The van der Waals surface area contributed by atoms with Crippen LogP contribution >= 0.6 is 22.6 Å². The van der Waals surface area contributed by atoms with Gasteiger partial charge in [-0.25, -0.2) is 9.59 Å². The van der Waals surface area contributed by atoms with Gasteiger partial charge in [-0.3, -0.25) is 19.3 Å². The zero-order valence-electron chi connectivity index (χ0n) is 26.3. The molecule has 0 spiro atoms. The van der Waals surface area contributed by atoms with Crippen molar-refractivity contribution in [2.24, 2.45) is 0 Å². The number of hydrogen-bond acceptors (Lipinski definition) is 12.